The molecule has 110 valence electrons. The van der Waals surface area contributed by atoms with E-state index in [4.69, 9.17) is 9.15 Å². The summed E-state index contributed by atoms with van der Waals surface area (Å²) in [6.07, 6.45) is 5.21. The summed E-state index contributed by atoms with van der Waals surface area (Å²) < 4.78 is 11.4. The molecule has 0 amide bonds. The largest absolute Gasteiger partial charge is 0.445 e. The number of ether oxygens (including phenoxy) is 1. The van der Waals surface area contributed by atoms with Gasteiger partial charge < -0.3 is 9.15 Å². The second-order valence-corrected chi connectivity index (χ2v) is 6.27. The van der Waals surface area contributed by atoms with Crippen molar-refractivity contribution in [2.45, 2.75) is 45.2 Å². The number of hydrogen-bond donors (Lipinski definition) is 1. The first kappa shape index (κ1) is 12.9. The molecular weight excluding hydrogens is 266 g/mol. The van der Waals surface area contributed by atoms with Crippen molar-refractivity contribution in [1.29, 1.82) is 0 Å². The van der Waals surface area contributed by atoms with Crippen molar-refractivity contribution in [1.82, 2.24) is 0 Å². The maximum absolute atomic E-state index is 11.7. The Labute approximate surface area is 123 Å². The number of rotatable bonds is 1. The maximum Gasteiger partial charge on any atom is 0.336 e. The fourth-order valence-electron chi connectivity index (χ4n) is 3.77. The molecule has 0 radical (unpaired) electrons. The molecule has 1 saturated carbocycles. The van der Waals surface area contributed by atoms with Crippen molar-refractivity contribution in [3.63, 3.8) is 0 Å². The molecule has 1 aromatic carbocycles. The molecule has 4 nitrogen and oxygen atoms in total. The Morgan fingerprint density at radius 3 is 2.86 bits per heavy atom. The fraction of sp³-hybridized carbons (Fsp3) is 0.471. The monoisotopic (exact) mass is 286 g/mol. The molecule has 1 aliphatic heterocycles. The van der Waals surface area contributed by atoms with E-state index in [9.17, 15) is 4.79 Å². The van der Waals surface area contributed by atoms with Gasteiger partial charge in [0.2, 0.25) is 6.73 Å². The Morgan fingerprint density at radius 1 is 1.24 bits per heavy atom. The number of aryl methyl sites for hydroxylation is 1. The van der Waals surface area contributed by atoms with Gasteiger partial charge >= 0.3 is 5.63 Å². The number of fused-ring (bicyclic) bond motifs is 3. The highest BCUT2D eigenvalue weighted by Crippen LogP contribution is 2.30. The number of hydrogen-bond acceptors (Lipinski definition) is 3. The Hall–Kier alpha value is -1.81. The Kier molecular flexibility index (Phi) is 3.00. The van der Waals surface area contributed by atoms with Gasteiger partial charge in [0.1, 0.15) is 12.3 Å². The second-order valence-electron chi connectivity index (χ2n) is 6.27. The average molecular weight is 286 g/mol. The third kappa shape index (κ3) is 2.14. The van der Waals surface area contributed by atoms with Crippen LogP contribution in [0.15, 0.2) is 27.4 Å². The highest BCUT2D eigenvalue weighted by Gasteiger charge is 2.32. The first-order chi connectivity index (χ1) is 10.2. The van der Waals surface area contributed by atoms with Crippen molar-refractivity contribution in [2.75, 3.05) is 6.73 Å². The molecule has 4 heteroatoms. The molecule has 2 aromatic rings. The summed E-state index contributed by atoms with van der Waals surface area (Å²) >= 11 is 0. The predicted octanol–water partition coefficient (Wildman–Crippen LogP) is 1.78. The Morgan fingerprint density at radius 2 is 2.05 bits per heavy atom. The van der Waals surface area contributed by atoms with Crippen LogP contribution in [0.5, 0.6) is 5.75 Å². The number of benzene rings is 1. The molecular formula is C17H20NO3+. The zero-order valence-corrected chi connectivity index (χ0v) is 12.3. The molecule has 21 heavy (non-hydrogen) atoms. The van der Waals surface area contributed by atoms with E-state index >= 15 is 0 Å². The molecule has 2 aliphatic rings. The van der Waals surface area contributed by atoms with E-state index in [1.807, 2.05) is 19.1 Å². The van der Waals surface area contributed by atoms with Gasteiger partial charge in [-0.3, -0.25) is 4.90 Å². The summed E-state index contributed by atoms with van der Waals surface area (Å²) in [4.78, 5) is 13.2. The van der Waals surface area contributed by atoms with Gasteiger partial charge in [0.15, 0.2) is 5.58 Å². The van der Waals surface area contributed by atoms with Crippen LogP contribution in [-0.4, -0.2) is 12.8 Å². The second kappa shape index (κ2) is 4.88. The fourth-order valence-corrected chi connectivity index (χ4v) is 3.77. The minimum absolute atomic E-state index is 0.276. The highest BCUT2D eigenvalue weighted by molar-refractivity contribution is 5.84. The van der Waals surface area contributed by atoms with Crippen molar-refractivity contribution < 1.29 is 14.1 Å². The van der Waals surface area contributed by atoms with E-state index in [2.05, 4.69) is 0 Å². The zero-order chi connectivity index (χ0) is 14.4. The minimum Gasteiger partial charge on any atom is -0.445 e. The lowest BCUT2D eigenvalue weighted by molar-refractivity contribution is -0.955. The van der Waals surface area contributed by atoms with E-state index in [1.54, 1.807) is 6.07 Å². The zero-order valence-electron chi connectivity index (χ0n) is 12.3. The molecule has 0 saturated heterocycles. The first-order valence-electron chi connectivity index (χ1n) is 7.76. The summed E-state index contributed by atoms with van der Waals surface area (Å²) in [6.45, 7) is 3.57. The van der Waals surface area contributed by atoms with Crippen molar-refractivity contribution in [3.05, 3.63) is 39.7 Å². The van der Waals surface area contributed by atoms with Crippen LogP contribution in [-0.2, 0) is 6.54 Å². The van der Waals surface area contributed by atoms with E-state index in [0.717, 1.165) is 35.5 Å². The van der Waals surface area contributed by atoms with Gasteiger partial charge in [0.25, 0.3) is 0 Å². The normalized spacial score (nSPS) is 22.2. The summed E-state index contributed by atoms with van der Waals surface area (Å²) in [5.74, 6) is 0.873. The smallest absolute Gasteiger partial charge is 0.336 e. The maximum atomic E-state index is 11.7. The number of quaternary nitrogens is 1. The van der Waals surface area contributed by atoms with E-state index < -0.39 is 0 Å². The van der Waals surface area contributed by atoms with Crippen LogP contribution < -0.4 is 15.3 Å². The van der Waals surface area contributed by atoms with E-state index in [-0.39, 0.29) is 5.63 Å². The molecule has 1 fully saturated rings. The highest BCUT2D eigenvalue weighted by atomic mass is 16.5. The Balaban J connectivity index is 1.81. The van der Waals surface area contributed by atoms with Crippen LogP contribution >= 0.6 is 0 Å². The predicted molar refractivity (Wildman–Crippen MR) is 79.6 cm³/mol. The molecule has 1 atom stereocenters. The summed E-state index contributed by atoms with van der Waals surface area (Å²) in [5, 5.41) is 1.02. The van der Waals surface area contributed by atoms with Crippen LogP contribution in [0.25, 0.3) is 11.0 Å². The van der Waals surface area contributed by atoms with Gasteiger partial charge in [-0.05, 0) is 50.3 Å². The van der Waals surface area contributed by atoms with Gasteiger partial charge in [-0.1, -0.05) is 0 Å². The topological polar surface area (TPSA) is 43.9 Å². The third-order valence-corrected chi connectivity index (χ3v) is 4.93. The molecule has 0 spiro atoms. The average Bonchev–Trinajstić information content (AvgIpc) is 3.00. The van der Waals surface area contributed by atoms with Crippen LogP contribution in [0.2, 0.25) is 0 Å². The van der Waals surface area contributed by atoms with E-state index in [1.165, 1.54) is 30.6 Å². The molecule has 2 heterocycles. The molecule has 1 aliphatic carbocycles. The van der Waals surface area contributed by atoms with Crippen LogP contribution in [0.1, 0.15) is 36.8 Å². The standard InChI is InChI=1S/C17H19NO3/c1-11-8-16(19)21-17-13(11)6-7-15-14(17)9-18(10-20-15)12-4-2-3-5-12/h6-8,12H,2-5,9-10H2,1H3/p+1. The lowest BCUT2D eigenvalue weighted by atomic mass is 10.0. The van der Waals surface area contributed by atoms with Crippen LogP contribution in [0.4, 0.5) is 0 Å². The van der Waals surface area contributed by atoms with Crippen molar-refractivity contribution >= 4 is 11.0 Å². The molecule has 0 bridgehead atoms. The Bertz CT molecular complexity index is 744. The van der Waals surface area contributed by atoms with Crippen molar-refractivity contribution in [2.24, 2.45) is 0 Å². The minimum atomic E-state index is -0.276. The number of nitrogens with one attached hydrogen (secondary N) is 1. The van der Waals surface area contributed by atoms with Crippen molar-refractivity contribution in [3.8, 4) is 5.75 Å². The summed E-state index contributed by atoms with van der Waals surface area (Å²) in [6, 6.07) is 6.24. The molecule has 1 aromatic heterocycles. The lowest BCUT2D eigenvalue weighted by Gasteiger charge is -2.30. The quantitative estimate of drug-likeness (QED) is 0.813. The van der Waals surface area contributed by atoms with Gasteiger partial charge in [0.05, 0.1) is 11.6 Å². The van der Waals surface area contributed by atoms with E-state index in [0.29, 0.717) is 11.6 Å². The summed E-state index contributed by atoms with van der Waals surface area (Å²) in [7, 11) is 0. The summed E-state index contributed by atoms with van der Waals surface area (Å²) in [5.41, 5.74) is 2.47. The lowest BCUT2D eigenvalue weighted by Crippen LogP contribution is -3.15. The van der Waals surface area contributed by atoms with Gasteiger partial charge in [-0.25, -0.2) is 4.79 Å². The SMILES string of the molecule is Cc1cc(=O)oc2c3c(ccc12)OC[NH+](C1CCCC1)C3. The molecule has 4 rings (SSSR count). The third-order valence-electron chi connectivity index (χ3n) is 4.93. The van der Waals surface area contributed by atoms with Gasteiger partial charge in [0, 0.05) is 11.5 Å². The van der Waals surface area contributed by atoms with Crippen LogP contribution in [0, 0.1) is 6.92 Å². The van der Waals surface area contributed by atoms with Crippen LogP contribution in [0.3, 0.4) is 0 Å². The van der Waals surface area contributed by atoms with Gasteiger partial charge in [-0.15, -0.1) is 0 Å². The van der Waals surface area contributed by atoms with Gasteiger partial charge in [-0.2, -0.15) is 0 Å². The molecule has 1 N–H and O–H groups in total. The first-order valence-corrected chi connectivity index (χ1v) is 7.76. The molecule has 1 unspecified atom stereocenters.